The van der Waals surface area contributed by atoms with Gasteiger partial charge in [0.2, 0.25) is 0 Å². The van der Waals surface area contributed by atoms with Gasteiger partial charge in [0, 0.05) is 18.0 Å². The van der Waals surface area contributed by atoms with E-state index in [1.165, 1.54) is 11.3 Å². The van der Waals surface area contributed by atoms with Gasteiger partial charge in [-0.3, -0.25) is 4.79 Å². The van der Waals surface area contributed by atoms with Gasteiger partial charge < -0.3 is 5.11 Å². The van der Waals surface area contributed by atoms with Crippen LogP contribution in [0.4, 0.5) is 0 Å². The van der Waals surface area contributed by atoms with E-state index in [9.17, 15) is 4.79 Å². The fourth-order valence-electron chi connectivity index (χ4n) is 0.763. The summed E-state index contributed by atoms with van der Waals surface area (Å²) in [5.74, 6) is -0.822. The zero-order valence-corrected chi connectivity index (χ0v) is 7.81. The van der Waals surface area contributed by atoms with Crippen molar-refractivity contribution in [3.8, 4) is 0 Å². The van der Waals surface area contributed by atoms with E-state index >= 15 is 0 Å². The standard InChI is InChI=1S/C7H8ClNO2S/c8-5(1-2-6(10)11)7-9-3-4-12-7/h3-5H,1-2H2,(H,10,11). The molecule has 1 N–H and O–H groups in total. The molecule has 0 fully saturated rings. The third-order valence-electron chi connectivity index (χ3n) is 1.33. The van der Waals surface area contributed by atoms with E-state index in [0.29, 0.717) is 6.42 Å². The Morgan fingerprint density at radius 2 is 2.58 bits per heavy atom. The lowest BCUT2D eigenvalue weighted by atomic mass is 10.2. The fraction of sp³-hybridized carbons (Fsp3) is 0.429. The summed E-state index contributed by atoms with van der Waals surface area (Å²) in [6.07, 6.45) is 2.19. The van der Waals surface area contributed by atoms with Crippen LogP contribution in [0, 0.1) is 0 Å². The van der Waals surface area contributed by atoms with Gasteiger partial charge in [0.25, 0.3) is 0 Å². The zero-order chi connectivity index (χ0) is 8.97. The van der Waals surface area contributed by atoms with Crippen molar-refractivity contribution in [3.63, 3.8) is 0 Å². The number of aliphatic carboxylic acids is 1. The first kappa shape index (κ1) is 9.48. The lowest BCUT2D eigenvalue weighted by Crippen LogP contribution is -1.97. The minimum Gasteiger partial charge on any atom is -0.481 e. The second kappa shape index (κ2) is 4.42. The van der Waals surface area contributed by atoms with Gasteiger partial charge in [-0.05, 0) is 6.42 Å². The zero-order valence-electron chi connectivity index (χ0n) is 6.24. The molecule has 0 aliphatic carbocycles. The molecule has 66 valence electrons. The average molecular weight is 206 g/mol. The molecular weight excluding hydrogens is 198 g/mol. The van der Waals surface area contributed by atoms with E-state index in [-0.39, 0.29) is 11.8 Å². The van der Waals surface area contributed by atoms with E-state index in [0.717, 1.165) is 5.01 Å². The fourth-order valence-corrected chi connectivity index (χ4v) is 1.73. The Kier molecular flexibility index (Phi) is 3.49. The highest BCUT2D eigenvalue weighted by Gasteiger charge is 2.11. The maximum absolute atomic E-state index is 10.2. The summed E-state index contributed by atoms with van der Waals surface area (Å²) < 4.78 is 0. The third-order valence-corrected chi connectivity index (χ3v) is 2.77. The number of carboxylic acids is 1. The number of aromatic nitrogens is 1. The van der Waals surface area contributed by atoms with E-state index in [1.54, 1.807) is 6.20 Å². The molecule has 0 saturated heterocycles. The number of halogens is 1. The molecule has 1 aromatic heterocycles. The summed E-state index contributed by atoms with van der Waals surface area (Å²) in [7, 11) is 0. The smallest absolute Gasteiger partial charge is 0.303 e. The Balaban J connectivity index is 2.39. The molecule has 0 aliphatic rings. The monoisotopic (exact) mass is 205 g/mol. The summed E-state index contributed by atoms with van der Waals surface area (Å²) in [6.45, 7) is 0. The molecule has 0 spiro atoms. The molecule has 0 radical (unpaired) electrons. The number of nitrogens with zero attached hydrogens (tertiary/aromatic N) is 1. The van der Waals surface area contributed by atoms with Gasteiger partial charge in [0.15, 0.2) is 0 Å². The molecular formula is C7H8ClNO2S. The maximum Gasteiger partial charge on any atom is 0.303 e. The molecule has 0 aromatic carbocycles. The van der Waals surface area contributed by atoms with Crippen LogP contribution >= 0.6 is 22.9 Å². The largest absolute Gasteiger partial charge is 0.481 e. The second-order valence-corrected chi connectivity index (χ2v) is 3.72. The first-order valence-corrected chi connectivity index (χ1v) is 4.77. The Bertz CT molecular complexity index is 250. The Morgan fingerprint density at radius 1 is 1.83 bits per heavy atom. The average Bonchev–Trinajstić information content (AvgIpc) is 2.51. The molecule has 0 bridgehead atoms. The first-order chi connectivity index (χ1) is 5.70. The summed E-state index contributed by atoms with van der Waals surface area (Å²) in [5, 5.41) is 10.7. The van der Waals surface area contributed by atoms with Crippen LogP contribution in [-0.2, 0) is 4.79 Å². The van der Waals surface area contributed by atoms with Crippen LogP contribution in [0.15, 0.2) is 11.6 Å². The van der Waals surface area contributed by atoms with Crippen molar-refractivity contribution in [1.29, 1.82) is 0 Å². The number of carboxylic acid groups (broad SMARTS) is 1. The van der Waals surface area contributed by atoms with Crippen LogP contribution in [0.25, 0.3) is 0 Å². The molecule has 12 heavy (non-hydrogen) atoms. The lowest BCUT2D eigenvalue weighted by Gasteiger charge is -2.01. The van der Waals surface area contributed by atoms with Crippen molar-refractivity contribution >= 4 is 28.9 Å². The number of hydrogen-bond acceptors (Lipinski definition) is 3. The number of thiazole rings is 1. The molecule has 3 nitrogen and oxygen atoms in total. The Labute approximate surface area is 79.0 Å². The van der Waals surface area contributed by atoms with Crippen LogP contribution in [0.1, 0.15) is 23.2 Å². The molecule has 1 aromatic rings. The van der Waals surface area contributed by atoms with Gasteiger partial charge in [0.05, 0.1) is 5.38 Å². The summed E-state index contributed by atoms with van der Waals surface area (Å²) >= 11 is 7.32. The minimum atomic E-state index is -0.822. The first-order valence-electron chi connectivity index (χ1n) is 3.45. The number of carbonyl (C=O) groups is 1. The normalized spacial score (nSPS) is 12.8. The highest BCUT2D eigenvalue weighted by atomic mass is 35.5. The number of alkyl halides is 1. The predicted molar refractivity (Wildman–Crippen MR) is 47.6 cm³/mol. The molecule has 1 unspecified atom stereocenters. The van der Waals surface area contributed by atoms with E-state index in [1.807, 2.05) is 5.38 Å². The number of rotatable bonds is 4. The molecule has 1 heterocycles. The van der Waals surface area contributed by atoms with Crippen molar-refractivity contribution in [2.45, 2.75) is 18.2 Å². The van der Waals surface area contributed by atoms with Crippen molar-refractivity contribution in [1.82, 2.24) is 4.98 Å². The van der Waals surface area contributed by atoms with Crippen LogP contribution in [-0.4, -0.2) is 16.1 Å². The molecule has 1 rings (SSSR count). The second-order valence-electron chi connectivity index (χ2n) is 2.27. The van der Waals surface area contributed by atoms with Crippen LogP contribution in [0.5, 0.6) is 0 Å². The summed E-state index contributed by atoms with van der Waals surface area (Å²) in [4.78, 5) is 14.2. The molecule has 0 saturated carbocycles. The van der Waals surface area contributed by atoms with Crippen LogP contribution in [0.2, 0.25) is 0 Å². The molecule has 0 amide bonds. The van der Waals surface area contributed by atoms with Crippen molar-refractivity contribution in [3.05, 3.63) is 16.6 Å². The quantitative estimate of drug-likeness (QED) is 0.768. The third kappa shape index (κ3) is 2.79. The lowest BCUT2D eigenvalue weighted by molar-refractivity contribution is -0.137. The summed E-state index contributed by atoms with van der Waals surface area (Å²) in [5.41, 5.74) is 0. The maximum atomic E-state index is 10.2. The predicted octanol–water partition coefficient (Wildman–Crippen LogP) is 2.29. The van der Waals surface area contributed by atoms with Crippen molar-refractivity contribution in [2.75, 3.05) is 0 Å². The van der Waals surface area contributed by atoms with E-state index in [4.69, 9.17) is 16.7 Å². The van der Waals surface area contributed by atoms with E-state index < -0.39 is 5.97 Å². The molecule has 5 heteroatoms. The van der Waals surface area contributed by atoms with Gasteiger partial charge in [-0.2, -0.15) is 0 Å². The van der Waals surface area contributed by atoms with Crippen molar-refractivity contribution in [2.24, 2.45) is 0 Å². The Hall–Kier alpha value is -0.610. The number of hydrogen-bond donors (Lipinski definition) is 1. The summed E-state index contributed by atoms with van der Waals surface area (Å²) in [6, 6.07) is 0. The van der Waals surface area contributed by atoms with Gasteiger partial charge in [0.1, 0.15) is 5.01 Å². The van der Waals surface area contributed by atoms with Gasteiger partial charge in [-0.25, -0.2) is 4.98 Å². The topological polar surface area (TPSA) is 50.2 Å². The Morgan fingerprint density at radius 3 is 3.08 bits per heavy atom. The van der Waals surface area contributed by atoms with E-state index in [2.05, 4.69) is 4.98 Å². The highest BCUT2D eigenvalue weighted by molar-refractivity contribution is 7.09. The molecule has 0 aliphatic heterocycles. The van der Waals surface area contributed by atoms with Crippen molar-refractivity contribution < 1.29 is 9.90 Å². The van der Waals surface area contributed by atoms with Crippen LogP contribution < -0.4 is 0 Å². The van der Waals surface area contributed by atoms with Gasteiger partial charge in [-0.1, -0.05) is 0 Å². The van der Waals surface area contributed by atoms with Gasteiger partial charge >= 0.3 is 5.97 Å². The SMILES string of the molecule is O=C(O)CCC(Cl)c1nccs1. The minimum absolute atomic E-state index is 0.0910. The van der Waals surface area contributed by atoms with Crippen LogP contribution in [0.3, 0.4) is 0 Å². The van der Waals surface area contributed by atoms with Gasteiger partial charge in [-0.15, -0.1) is 22.9 Å². The highest BCUT2D eigenvalue weighted by Crippen LogP contribution is 2.26. The molecule has 1 atom stereocenters.